The van der Waals surface area contributed by atoms with Crippen LogP contribution in [0.1, 0.15) is 41.1 Å². The van der Waals surface area contributed by atoms with E-state index in [1.54, 1.807) is 18.3 Å². The minimum atomic E-state index is 0.0735. The fourth-order valence-electron chi connectivity index (χ4n) is 3.58. The molecule has 0 saturated carbocycles. The number of hydrogen-bond donors (Lipinski definition) is 1. The molecule has 1 atom stereocenters. The van der Waals surface area contributed by atoms with Gasteiger partial charge in [-0.25, -0.2) is 0 Å². The maximum Gasteiger partial charge on any atom is 0.252 e. The van der Waals surface area contributed by atoms with Crippen molar-refractivity contribution in [2.75, 3.05) is 39.3 Å². The number of piperazine rings is 1. The van der Waals surface area contributed by atoms with Crippen molar-refractivity contribution >= 4 is 23.2 Å². The van der Waals surface area contributed by atoms with Crippen molar-refractivity contribution in [3.63, 3.8) is 0 Å². The number of nitrogens with one attached hydrogen (secondary N) is 1. The Kier molecular flexibility index (Phi) is 5.56. The average Bonchev–Trinajstić information content (AvgIpc) is 2.98. The number of nitrogens with zero attached hydrogens (tertiary/aromatic N) is 2. The number of fused-ring (bicyclic) bond motifs is 1. The molecule has 132 valence electrons. The number of carbonyl (C=O) groups is 2. The minimum absolute atomic E-state index is 0.0735. The zero-order valence-electron chi connectivity index (χ0n) is 14.6. The van der Waals surface area contributed by atoms with Crippen LogP contribution in [-0.2, 0) is 17.6 Å². The topological polar surface area (TPSA) is 52.7 Å². The summed E-state index contributed by atoms with van der Waals surface area (Å²) in [6, 6.07) is 0. The molecule has 3 rings (SSSR count). The highest BCUT2D eigenvalue weighted by Crippen LogP contribution is 2.32. The molecule has 0 aromatic carbocycles. The summed E-state index contributed by atoms with van der Waals surface area (Å²) in [7, 11) is 0. The number of carbonyl (C=O) groups excluding carboxylic acids is 2. The molecule has 2 heterocycles. The smallest absolute Gasteiger partial charge is 0.252 e. The van der Waals surface area contributed by atoms with E-state index in [1.807, 2.05) is 10.3 Å². The highest BCUT2D eigenvalue weighted by Gasteiger charge is 2.23. The Hall–Kier alpha value is -1.40. The summed E-state index contributed by atoms with van der Waals surface area (Å²) in [5, 5.41) is 5.10. The molecule has 0 radical (unpaired) electrons. The zero-order valence-corrected chi connectivity index (χ0v) is 15.5. The SMILES string of the molecule is CC(=O)N1CCN(CCNC(=O)c2csc3c2CCC(C)C3)CC1. The summed E-state index contributed by atoms with van der Waals surface area (Å²) in [5.41, 5.74) is 2.17. The molecule has 0 bridgehead atoms. The second kappa shape index (κ2) is 7.66. The van der Waals surface area contributed by atoms with Crippen LogP contribution < -0.4 is 5.32 Å². The van der Waals surface area contributed by atoms with Gasteiger partial charge in [0.1, 0.15) is 0 Å². The van der Waals surface area contributed by atoms with Crippen molar-refractivity contribution in [2.24, 2.45) is 5.92 Å². The Morgan fingerprint density at radius 3 is 2.75 bits per heavy atom. The summed E-state index contributed by atoms with van der Waals surface area (Å²) in [5.74, 6) is 0.963. The largest absolute Gasteiger partial charge is 0.351 e. The van der Waals surface area contributed by atoms with Crippen LogP contribution in [0.15, 0.2) is 5.38 Å². The standard InChI is InChI=1S/C18H27N3O2S/c1-13-3-4-15-16(12-24-17(15)11-13)18(23)19-5-6-20-7-9-21(10-8-20)14(2)22/h12-13H,3-11H2,1-2H3,(H,19,23). The van der Waals surface area contributed by atoms with Crippen LogP contribution in [0, 0.1) is 5.92 Å². The van der Waals surface area contributed by atoms with Crippen LogP contribution in [0.2, 0.25) is 0 Å². The molecule has 1 fully saturated rings. The lowest BCUT2D eigenvalue weighted by Gasteiger charge is -2.34. The Bertz CT molecular complexity index is 605. The van der Waals surface area contributed by atoms with E-state index in [-0.39, 0.29) is 11.8 Å². The van der Waals surface area contributed by atoms with E-state index in [0.29, 0.717) is 6.54 Å². The molecule has 1 aliphatic carbocycles. The Morgan fingerprint density at radius 2 is 2.04 bits per heavy atom. The van der Waals surface area contributed by atoms with Crippen LogP contribution in [0.25, 0.3) is 0 Å². The molecule has 2 aliphatic rings. The van der Waals surface area contributed by atoms with Gasteiger partial charge in [0.25, 0.3) is 5.91 Å². The van der Waals surface area contributed by atoms with Gasteiger partial charge in [0, 0.05) is 56.4 Å². The third-order valence-electron chi connectivity index (χ3n) is 5.18. The van der Waals surface area contributed by atoms with Gasteiger partial charge in [-0.15, -0.1) is 11.3 Å². The van der Waals surface area contributed by atoms with E-state index in [9.17, 15) is 9.59 Å². The highest BCUT2D eigenvalue weighted by molar-refractivity contribution is 7.10. The van der Waals surface area contributed by atoms with Gasteiger partial charge in [0.15, 0.2) is 0 Å². The van der Waals surface area contributed by atoms with Crippen molar-refractivity contribution in [3.05, 3.63) is 21.4 Å². The average molecular weight is 350 g/mol. The van der Waals surface area contributed by atoms with E-state index in [4.69, 9.17) is 0 Å². The fraction of sp³-hybridized carbons (Fsp3) is 0.667. The summed E-state index contributed by atoms with van der Waals surface area (Å²) in [6.45, 7) is 8.79. The lowest BCUT2D eigenvalue weighted by Crippen LogP contribution is -2.49. The fourth-order valence-corrected chi connectivity index (χ4v) is 4.82. The van der Waals surface area contributed by atoms with Gasteiger partial charge in [-0.2, -0.15) is 0 Å². The lowest BCUT2D eigenvalue weighted by molar-refractivity contribution is -0.130. The second-order valence-corrected chi connectivity index (χ2v) is 7.97. The van der Waals surface area contributed by atoms with Crippen molar-refractivity contribution in [1.29, 1.82) is 0 Å². The van der Waals surface area contributed by atoms with E-state index >= 15 is 0 Å². The van der Waals surface area contributed by atoms with Crippen molar-refractivity contribution in [3.8, 4) is 0 Å². The van der Waals surface area contributed by atoms with E-state index in [0.717, 1.165) is 57.0 Å². The maximum absolute atomic E-state index is 12.5. The first-order chi connectivity index (χ1) is 11.5. The van der Waals surface area contributed by atoms with Gasteiger partial charge in [-0.1, -0.05) is 6.92 Å². The van der Waals surface area contributed by atoms with Crippen LogP contribution in [0.5, 0.6) is 0 Å². The van der Waals surface area contributed by atoms with Gasteiger partial charge >= 0.3 is 0 Å². The van der Waals surface area contributed by atoms with Gasteiger partial charge in [-0.05, 0) is 30.7 Å². The molecule has 1 aliphatic heterocycles. The molecule has 1 N–H and O–H groups in total. The number of hydrogen-bond acceptors (Lipinski definition) is 4. The Labute approximate surface area is 148 Å². The zero-order chi connectivity index (χ0) is 17.1. The molecule has 6 heteroatoms. The molecular weight excluding hydrogens is 322 g/mol. The van der Waals surface area contributed by atoms with Gasteiger partial charge in [0.05, 0.1) is 5.56 Å². The summed E-state index contributed by atoms with van der Waals surface area (Å²) < 4.78 is 0. The number of amides is 2. The van der Waals surface area contributed by atoms with Crippen molar-refractivity contribution in [1.82, 2.24) is 15.1 Å². The predicted octanol–water partition coefficient (Wildman–Crippen LogP) is 1.77. The van der Waals surface area contributed by atoms with Gasteiger partial charge < -0.3 is 10.2 Å². The first-order valence-corrected chi connectivity index (χ1v) is 9.78. The monoisotopic (exact) mass is 349 g/mol. The molecule has 1 aromatic heterocycles. The summed E-state index contributed by atoms with van der Waals surface area (Å²) in [6.07, 6.45) is 3.34. The highest BCUT2D eigenvalue weighted by atomic mass is 32.1. The third-order valence-corrected chi connectivity index (χ3v) is 6.23. The Morgan fingerprint density at radius 1 is 1.29 bits per heavy atom. The predicted molar refractivity (Wildman–Crippen MR) is 96.5 cm³/mol. The van der Waals surface area contributed by atoms with Gasteiger partial charge in [0.2, 0.25) is 5.91 Å². The lowest BCUT2D eigenvalue weighted by atomic mass is 9.88. The molecule has 1 saturated heterocycles. The quantitative estimate of drug-likeness (QED) is 0.901. The summed E-state index contributed by atoms with van der Waals surface area (Å²) >= 11 is 1.74. The molecule has 0 spiro atoms. The minimum Gasteiger partial charge on any atom is -0.351 e. The Balaban J connectivity index is 1.45. The molecular formula is C18H27N3O2S. The molecule has 5 nitrogen and oxygen atoms in total. The maximum atomic E-state index is 12.5. The van der Waals surface area contributed by atoms with Crippen LogP contribution in [0.3, 0.4) is 0 Å². The first-order valence-electron chi connectivity index (χ1n) is 8.90. The van der Waals surface area contributed by atoms with Gasteiger partial charge in [-0.3, -0.25) is 14.5 Å². The van der Waals surface area contributed by atoms with E-state index < -0.39 is 0 Å². The second-order valence-electron chi connectivity index (χ2n) is 7.00. The van der Waals surface area contributed by atoms with Crippen LogP contribution >= 0.6 is 11.3 Å². The normalized spacial score (nSPS) is 21.4. The van der Waals surface area contributed by atoms with Crippen LogP contribution in [-0.4, -0.2) is 60.9 Å². The number of thiophene rings is 1. The third kappa shape index (κ3) is 3.98. The molecule has 1 aromatic rings. The van der Waals surface area contributed by atoms with Crippen molar-refractivity contribution < 1.29 is 9.59 Å². The van der Waals surface area contributed by atoms with Crippen molar-refractivity contribution in [2.45, 2.75) is 33.1 Å². The number of rotatable bonds is 4. The first kappa shape index (κ1) is 17.4. The summed E-state index contributed by atoms with van der Waals surface area (Å²) in [4.78, 5) is 29.4. The molecule has 1 unspecified atom stereocenters. The molecule has 2 amide bonds. The van der Waals surface area contributed by atoms with Crippen LogP contribution in [0.4, 0.5) is 0 Å². The van der Waals surface area contributed by atoms with E-state index in [1.165, 1.54) is 16.9 Å². The van der Waals surface area contributed by atoms with E-state index in [2.05, 4.69) is 17.1 Å². The molecule has 24 heavy (non-hydrogen) atoms.